The number of Topliss-reactive ketones (excluding diaryl/α,β-unsaturated/α-hetero) is 1. The molecule has 0 radical (unpaired) electrons. The van der Waals surface area contributed by atoms with Gasteiger partial charge in [-0.3, -0.25) is 14.5 Å². The molecule has 6 atom stereocenters. The van der Waals surface area contributed by atoms with E-state index in [0.29, 0.717) is 45.8 Å². The number of carbonyl (C=O) groups excluding carboxylic acids is 3. The molecule has 3 aliphatic heterocycles. The van der Waals surface area contributed by atoms with E-state index in [-0.39, 0.29) is 72.7 Å². The molecule has 1 aliphatic carbocycles. The van der Waals surface area contributed by atoms with Crippen molar-refractivity contribution < 1.29 is 38.1 Å². The fourth-order valence-electron chi connectivity index (χ4n) is 6.38. The molecule has 10 heteroatoms. The Morgan fingerprint density at radius 3 is 2.34 bits per heavy atom. The molecule has 0 aromatic carbocycles. The number of nitrogens with zero attached hydrogens (tertiary/aromatic N) is 2. The summed E-state index contributed by atoms with van der Waals surface area (Å²) in [6, 6.07) is 0. The molecular weight excluding hydrogens is 528 g/mol. The van der Waals surface area contributed by atoms with Gasteiger partial charge in [0.1, 0.15) is 35.8 Å². The summed E-state index contributed by atoms with van der Waals surface area (Å²) in [5.41, 5.74) is 0.195. The van der Waals surface area contributed by atoms with Crippen LogP contribution in [0.4, 0.5) is 4.79 Å². The van der Waals surface area contributed by atoms with E-state index in [1.807, 2.05) is 20.8 Å². The number of esters is 1. The van der Waals surface area contributed by atoms with Crippen molar-refractivity contribution in [2.45, 2.75) is 103 Å². The van der Waals surface area contributed by atoms with Crippen molar-refractivity contribution in [3.63, 3.8) is 0 Å². The molecule has 41 heavy (non-hydrogen) atoms. The van der Waals surface area contributed by atoms with Crippen molar-refractivity contribution in [3.05, 3.63) is 11.6 Å². The number of ketones is 1. The molecule has 1 spiro atoms. The minimum absolute atomic E-state index is 0.00625. The van der Waals surface area contributed by atoms with Gasteiger partial charge in [-0.25, -0.2) is 4.79 Å². The van der Waals surface area contributed by atoms with Crippen molar-refractivity contribution in [1.82, 2.24) is 9.80 Å². The number of epoxide rings is 2. The van der Waals surface area contributed by atoms with E-state index in [0.717, 1.165) is 12.8 Å². The van der Waals surface area contributed by atoms with Crippen LogP contribution in [0.15, 0.2) is 11.6 Å². The van der Waals surface area contributed by atoms with Crippen LogP contribution >= 0.6 is 0 Å². The molecule has 4 rings (SSSR count). The number of allylic oxidation sites excluding steroid dienone is 1. The van der Waals surface area contributed by atoms with Crippen molar-refractivity contribution in [2.75, 3.05) is 53.0 Å². The molecular formula is C31H50N2O8. The Morgan fingerprint density at radius 2 is 1.76 bits per heavy atom. The summed E-state index contributed by atoms with van der Waals surface area (Å²) >= 11 is 0. The Kier molecular flexibility index (Phi) is 9.88. The maximum atomic E-state index is 13.2. The van der Waals surface area contributed by atoms with Crippen LogP contribution in [-0.4, -0.2) is 110 Å². The fourth-order valence-corrected chi connectivity index (χ4v) is 6.38. The van der Waals surface area contributed by atoms with Crippen LogP contribution in [0, 0.1) is 11.3 Å². The molecule has 0 unspecified atom stereocenters. The zero-order chi connectivity index (χ0) is 30.0. The van der Waals surface area contributed by atoms with Gasteiger partial charge in [-0.2, -0.15) is 0 Å². The summed E-state index contributed by atoms with van der Waals surface area (Å²) in [5.74, 6) is -0.305. The second-order valence-corrected chi connectivity index (χ2v) is 13.5. The first-order valence-electron chi connectivity index (χ1n) is 15.1. The molecule has 3 saturated heterocycles. The highest BCUT2D eigenvalue weighted by molar-refractivity contribution is 5.86. The first kappa shape index (κ1) is 31.9. The van der Waals surface area contributed by atoms with Crippen LogP contribution in [0.3, 0.4) is 0 Å². The lowest BCUT2D eigenvalue weighted by molar-refractivity contribution is -0.146. The quantitative estimate of drug-likeness (QED) is 0.206. The minimum Gasteiger partial charge on any atom is -0.464 e. The predicted molar refractivity (Wildman–Crippen MR) is 152 cm³/mol. The summed E-state index contributed by atoms with van der Waals surface area (Å²) < 4.78 is 29.7. The summed E-state index contributed by atoms with van der Waals surface area (Å²) in [6.45, 7) is 15.8. The van der Waals surface area contributed by atoms with Gasteiger partial charge in [0.2, 0.25) is 0 Å². The number of methoxy groups -OCH3 is 1. The lowest BCUT2D eigenvalue weighted by Crippen LogP contribution is -2.57. The molecule has 4 fully saturated rings. The molecule has 3 heterocycles. The number of ether oxygens (including phenoxy) is 5. The third kappa shape index (κ3) is 7.69. The van der Waals surface area contributed by atoms with E-state index in [9.17, 15) is 14.4 Å². The zero-order valence-corrected chi connectivity index (χ0v) is 26.0. The maximum Gasteiger partial charge on any atom is 0.410 e. The molecule has 1 amide bonds. The van der Waals surface area contributed by atoms with Crippen LogP contribution < -0.4 is 0 Å². The number of rotatable bonds is 11. The molecule has 1 saturated carbocycles. The molecule has 4 aliphatic rings. The van der Waals surface area contributed by atoms with Crippen molar-refractivity contribution >= 4 is 17.8 Å². The van der Waals surface area contributed by atoms with Gasteiger partial charge < -0.3 is 28.6 Å². The Balaban J connectivity index is 1.21. The van der Waals surface area contributed by atoms with Gasteiger partial charge in [-0.05, 0) is 40.0 Å². The Hall–Kier alpha value is -2.01. The Labute approximate surface area is 245 Å². The van der Waals surface area contributed by atoms with Gasteiger partial charge in [-0.1, -0.05) is 32.4 Å². The molecule has 0 aromatic heterocycles. The first-order valence-corrected chi connectivity index (χ1v) is 15.1. The first-order chi connectivity index (χ1) is 19.3. The second-order valence-electron chi connectivity index (χ2n) is 13.5. The van der Waals surface area contributed by atoms with E-state index in [4.69, 9.17) is 23.7 Å². The molecule has 232 valence electrons. The van der Waals surface area contributed by atoms with Gasteiger partial charge >= 0.3 is 12.1 Å². The molecule has 0 N–H and O–H groups in total. The third-order valence-corrected chi connectivity index (χ3v) is 9.18. The lowest BCUT2D eigenvalue weighted by atomic mass is 9.68. The number of hydrogen-bond acceptors (Lipinski definition) is 9. The van der Waals surface area contributed by atoms with Gasteiger partial charge in [0, 0.05) is 51.7 Å². The minimum atomic E-state index is -0.448. The van der Waals surface area contributed by atoms with E-state index in [1.54, 1.807) is 12.0 Å². The number of amides is 1. The summed E-state index contributed by atoms with van der Waals surface area (Å²) in [5, 5.41) is 0. The summed E-state index contributed by atoms with van der Waals surface area (Å²) in [6.07, 6.45) is 4.01. The lowest BCUT2D eigenvalue weighted by Gasteiger charge is -2.43. The highest BCUT2D eigenvalue weighted by Gasteiger charge is 2.72. The van der Waals surface area contributed by atoms with Crippen molar-refractivity contribution in [2.24, 2.45) is 11.3 Å². The smallest absolute Gasteiger partial charge is 0.410 e. The summed E-state index contributed by atoms with van der Waals surface area (Å²) in [7, 11) is 1.69. The molecule has 0 bridgehead atoms. The van der Waals surface area contributed by atoms with Crippen LogP contribution in [0.2, 0.25) is 0 Å². The van der Waals surface area contributed by atoms with Crippen molar-refractivity contribution in [3.8, 4) is 0 Å². The maximum absolute atomic E-state index is 13.2. The van der Waals surface area contributed by atoms with Crippen molar-refractivity contribution in [1.29, 1.82) is 0 Å². The number of piperazine rings is 1. The standard InChI is InChI=1S/C31H50N2O8/c1-21(2)8-10-24-30(6,41-24)27-26(37-7)22(12-13-31(27)20-39-31)40-28(36)33-16-14-32(15-17-33)18-19-38-25(35)11-9-23(34)29(3,4)5/h8,22,24,26-27H,9-20H2,1-7H3/t22-,24-,26-,27-,30-,31+/m1/s1. The topological polar surface area (TPSA) is 110 Å². The highest BCUT2D eigenvalue weighted by atomic mass is 16.6. The normalized spacial score (nSPS) is 33.3. The largest absolute Gasteiger partial charge is 0.464 e. The van der Waals surface area contributed by atoms with Crippen LogP contribution in [-0.2, 0) is 33.3 Å². The van der Waals surface area contributed by atoms with Crippen LogP contribution in [0.25, 0.3) is 0 Å². The van der Waals surface area contributed by atoms with Gasteiger partial charge in [0.25, 0.3) is 0 Å². The average molecular weight is 579 g/mol. The van der Waals surface area contributed by atoms with Gasteiger partial charge in [0.05, 0.1) is 25.0 Å². The average Bonchev–Trinajstić information content (AvgIpc) is 3.83. The fraction of sp³-hybridized carbons (Fsp3) is 0.839. The van der Waals surface area contributed by atoms with Crippen LogP contribution in [0.5, 0.6) is 0 Å². The van der Waals surface area contributed by atoms with E-state index in [2.05, 4.69) is 31.7 Å². The number of hydrogen-bond donors (Lipinski definition) is 0. The van der Waals surface area contributed by atoms with E-state index >= 15 is 0 Å². The van der Waals surface area contributed by atoms with E-state index < -0.39 is 5.41 Å². The number of carbonyl (C=O) groups is 3. The predicted octanol–water partition coefficient (Wildman–Crippen LogP) is 3.76. The van der Waals surface area contributed by atoms with Gasteiger partial charge in [0.15, 0.2) is 0 Å². The molecule has 0 aromatic rings. The zero-order valence-electron chi connectivity index (χ0n) is 26.0. The molecule has 10 nitrogen and oxygen atoms in total. The summed E-state index contributed by atoms with van der Waals surface area (Å²) in [4.78, 5) is 41.1. The Bertz CT molecular complexity index is 991. The third-order valence-electron chi connectivity index (χ3n) is 9.18. The second kappa shape index (κ2) is 12.7. The van der Waals surface area contributed by atoms with Gasteiger partial charge in [-0.15, -0.1) is 0 Å². The van der Waals surface area contributed by atoms with E-state index in [1.165, 1.54) is 5.57 Å². The monoisotopic (exact) mass is 578 g/mol. The van der Waals surface area contributed by atoms with Crippen LogP contribution in [0.1, 0.15) is 73.6 Å². The SMILES string of the molecule is CO[C@@H]1[C@H](OC(=O)N2CCN(CCOC(=O)CCC(=O)C(C)(C)C)CC2)CC[C@]2(CO2)[C@H]1[C@]1(C)O[C@@H]1CC=C(C)C. The Morgan fingerprint density at radius 1 is 1.07 bits per heavy atom. The highest BCUT2D eigenvalue weighted by Crippen LogP contribution is 2.59.